The van der Waals surface area contributed by atoms with Crippen LogP contribution in [0.3, 0.4) is 0 Å². The fourth-order valence-electron chi connectivity index (χ4n) is 1.42. The van der Waals surface area contributed by atoms with Crippen LogP contribution < -0.4 is 0 Å². The van der Waals surface area contributed by atoms with Crippen LogP contribution in [0.4, 0.5) is 13.2 Å². The van der Waals surface area contributed by atoms with E-state index >= 15 is 0 Å². The van der Waals surface area contributed by atoms with Gasteiger partial charge in [-0.25, -0.2) is 0 Å². The van der Waals surface area contributed by atoms with E-state index in [2.05, 4.69) is 13.9 Å². The summed E-state index contributed by atoms with van der Waals surface area (Å²) in [5, 5.41) is 2.80. The molecule has 0 saturated heterocycles. The van der Waals surface area contributed by atoms with E-state index in [1.165, 1.54) is 12.1 Å². The van der Waals surface area contributed by atoms with Gasteiger partial charge < -0.3 is 4.52 Å². The molecule has 9 heteroatoms. The van der Waals surface area contributed by atoms with Gasteiger partial charge in [0.1, 0.15) is 6.61 Å². The number of hydrogen-bond donors (Lipinski definition) is 0. The number of aromatic nitrogens is 1. The number of alkyl halides is 3. The lowest BCUT2D eigenvalue weighted by atomic mass is 10.2. The number of aryl methyl sites for hydroxylation is 1. The van der Waals surface area contributed by atoms with Crippen LogP contribution in [0.5, 0.6) is 0 Å². The third kappa shape index (κ3) is 3.82. The maximum absolute atomic E-state index is 12.3. The molecule has 0 amide bonds. The molecule has 0 aliphatic rings. The molecule has 0 spiro atoms. The third-order valence-electron chi connectivity index (χ3n) is 2.52. The Morgan fingerprint density at radius 1 is 1.24 bits per heavy atom. The molecule has 0 unspecified atom stereocenters. The Kier molecular flexibility index (Phi) is 4.06. The Morgan fingerprint density at radius 3 is 2.38 bits per heavy atom. The summed E-state index contributed by atoms with van der Waals surface area (Å²) in [5.74, 6) is -0.335. The third-order valence-corrected chi connectivity index (χ3v) is 3.79. The van der Waals surface area contributed by atoms with Crippen molar-refractivity contribution in [2.75, 3.05) is 0 Å². The number of nitrogens with zero attached hydrogens (tertiary/aromatic N) is 1. The van der Waals surface area contributed by atoms with Gasteiger partial charge in [0.2, 0.25) is 0 Å². The first-order valence-corrected chi connectivity index (χ1v) is 7.08. The van der Waals surface area contributed by atoms with E-state index < -0.39 is 28.6 Å². The Hall–Kier alpha value is -1.87. The molecular weight excluding hydrogens is 311 g/mol. The zero-order chi connectivity index (χ0) is 15.7. The molecule has 0 aliphatic carbocycles. The van der Waals surface area contributed by atoms with Crippen LogP contribution in [0.1, 0.15) is 17.0 Å². The highest BCUT2D eigenvalue weighted by atomic mass is 32.2. The maximum Gasteiger partial charge on any atom is 0.436 e. The highest BCUT2D eigenvalue weighted by Gasteiger charge is 2.35. The van der Waals surface area contributed by atoms with E-state index in [0.29, 0.717) is 6.07 Å². The number of hydrogen-bond acceptors (Lipinski definition) is 5. The standard InChI is InChI=1S/C12H10F3NO4S/c1-8-2-4-10(5-3-8)21(17,18)19-7-9-6-11(16-20-9)12(13,14)15/h2-6H,7H2,1H3. The summed E-state index contributed by atoms with van der Waals surface area (Å²) in [6.45, 7) is 1.11. The van der Waals surface area contributed by atoms with Crippen LogP contribution in [0.25, 0.3) is 0 Å². The average Bonchev–Trinajstić information content (AvgIpc) is 2.86. The maximum atomic E-state index is 12.3. The van der Waals surface area contributed by atoms with Crippen LogP contribution >= 0.6 is 0 Å². The molecule has 2 rings (SSSR count). The van der Waals surface area contributed by atoms with Crippen LogP contribution in [0.2, 0.25) is 0 Å². The minimum atomic E-state index is -4.66. The highest BCUT2D eigenvalue weighted by Crippen LogP contribution is 2.28. The van der Waals surface area contributed by atoms with Crippen molar-refractivity contribution in [3.8, 4) is 0 Å². The first-order chi connectivity index (χ1) is 9.68. The molecule has 2 aromatic rings. The van der Waals surface area contributed by atoms with Crippen molar-refractivity contribution in [1.29, 1.82) is 0 Å². The molecule has 1 aromatic carbocycles. The topological polar surface area (TPSA) is 69.4 Å². The molecule has 1 heterocycles. The lowest BCUT2D eigenvalue weighted by Gasteiger charge is -2.04. The van der Waals surface area contributed by atoms with Gasteiger partial charge >= 0.3 is 6.18 Å². The zero-order valence-corrected chi connectivity index (χ0v) is 11.5. The second-order valence-electron chi connectivity index (χ2n) is 4.21. The van der Waals surface area contributed by atoms with Crippen molar-refractivity contribution in [1.82, 2.24) is 5.16 Å². The lowest BCUT2D eigenvalue weighted by molar-refractivity contribution is -0.142. The summed E-state index contributed by atoms with van der Waals surface area (Å²) in [6, 6.07) is 6.42. The van der Waals surface area contributed by atoms with Gasteiger partial charge in [-0.05, 0) is 19.1 Å². The van der Waals surface area contributed by atoms with Crippen molar-refractivity contribution in [2.24, 2.45) is 0 Å². The number of benzene rings is 1. The van der Waals surface area contributed by atoms with E-state index in [1.807, 2.05) is 0 Å². The minimum absolute atomic E-state index is 0.0938. The summed E-state index contributed by atoms with van der Waals surface area (Å²) < 4.78 is 69.5. The van der Waals surface area contributed by atoms with Crippen LogP contribution in [-0.2, 0) is 27.1 Å². The van der Waals surface area contributed by atoms with Crippen LogP contribution in [0, 0.1) is 6.92 Å². The first-order valence-electron chi connectivity index (χ1n) is 5.67. The Balaban J connectivity index is 2.08. The minimum Gasteiger partial charge on any atom is -0.358 e. The Labute approximate surface area is 118 Å². The van der Waals surface area contributed by atoms with Gasteiger partial charge in [0.15, 0.2) is 11.5 Å². The molecule has 0 N–H and O–H groups in total. The summed E-state index contributed by atoms with van der Waals surface area (Å²) in [7, 11) is -4.07. The largest absolute Gasteiger partial charge is 0.436 e. The van der Waals surface area contributed by atoms with E-state index in [1.54, 1.807) is 19.1 Å². The van der Waals surface area contributed by atoms with Crippen molar-refractivity contribution in [3.63, 3.8) is 0 Å². The Bertz CT molecular complexity index is 720. The second kappa shape index (κ2) is 5.49. The number of halogens is 3. The predicted molar refractivity (Wildman–Crippen MR) is 64.7 cm³/mol. The molecule has 5 nitrogen and oxygen atoms in total. The van der Waals surface area contributed by atoms with Crippen molar-refractivity contribution >= 4 is 10.1 Å². The molecule has 114 valence electrons. The normalized spacial score (nSPS) is 12.6. The fraction of sp³-hybridized carbons (Fsp3) is 0.250. The molecule has 0 saturated carbocycles. The Morgan fingerprint density at radius 2 is 1.86 bits per heavy atom. The van der Waals surface area contributed by atoms with E-state index in [4.69, 9.17) is 0 Å². The second-order valence-corrected chi connectivity index (χ2v) is 5.82. The fourth-order valence-corrected chi connectivity index (χ4v) is 2.30. The molecule has 21 heavy (non-hydrogen) atoms. The van der Waals surface area contributed by atoms with Gasteiger partial charge in [-0.3, -0.25) is 4.18 Å². The van der Waals surface area contributed by atoms with Crippen molar-refractivity contribution in [2.45, 2.75) is 24.6 Å². The first kappa shape index (κ1) is 15.5. The van der Waals surface area contributed by atoms with Crippen molar-refractivity contribution < 1.29 is 30.3 Å². The van der Waals surface area contributed by atoms with Gasteiger partial charge in [-0.1, -0.05) is 22.9 Å². The molecule has 1 aromatic heterocycles. The van der Waals surface area contributed by atoms with Gasteiger partial charge in [-0.2, -0.15) is 21.6 Å². The van der Waals surface area contributed by atoms with Crippen LogP contribution in [0.15, 0.2) is 39.8 Å². The quantitative estimate of drug-likeness (QED) is 0.810. The zero-order valence-electron chi connectivity index (χ0n) is 10.7. The summed E-state index contributed by atoms with van der Waals surface area (Å²) in [6.07, 6.45) is -4.66. The SMILES string of the molecule is Cc1ccc(S(=O)(=O)OCc2cc(C(F)(F)F)no2)cc1. The molecule has 0 atom stereocenters. The van der Waals surface area contributed by atoms with Gasteiger partial charge in [0, 0.05) is 6.07 Å². The van der Waals surface area contributed by atoms with E-state index in [9.17, 15) is 21.6 Å². The summed E-state index contributed by atoms with van der Waals surface area (Å²) in [5.41, 5.74) is -0.382. The highest BCUT2D eigenvalue weighted by molar-refractivity contribution is 7.86. The monoisotopic (exact) mass is 321 g/mol. The molecule has 0 fully saturated rings. The number of rotatable bonds is 4. The van der Waals surface area contributed by atoms with Crippen LogP contribution in [-0.4, -0.2) is 13.6 Å². The summed E-state index contributed by atoms with van der Waals surface area (Å²) >= 11 is 0. The molecule has 0 bridgehead atoms. The smallest absolute Gasteiger partial charge is 0.358 e. The molecular formula is C12H10F3NO4S. The van der Waals surface area contributed by atoms with Gasteiger partial charge in [0.05, 0.1) is 4.90 Å². The predicted octanol–water partition coefficient (Wildman–Crippen LogP) is 2.91. The van der Waals surface area contributed by atoms with Gasteiger partial charge in [0.25, 0.3) is 10.1 Å². The van der Waals surface area contributed by atoms with E-state index in [0.717, 1.165) is 5.56 Å². The molecule has 0 radical (unpaired) electrons. The van der Waals surface area contributed by atoms with Gasteiger partial charge in [-0.15, -0.1) is 0 Å². The van der Waals surface area contributed by atoms with Crippen molar-refractivity contribution in [3.05, 3.63) is 47.3 Å². The average molecular weight is 321 g/mol. The molecule has 0 aliphatic heterocycles. The lowest BCUT2D eigenvalue weighted by Crippen LogP contribution is -2.06. The summed E-state index contributed by atoms with van der Waals surface area (Å²) in [4.78, 5) is -0.0938. The van der Waals surface area contributed by atoms with E-state index in [-0.39, 0.29) is 10.7 Å².